The summed E-state index contributed by atoms with van der Waals surface area (Å²) >= 11 is 0. The standard InChI is InChI=1S/C28H36F2N2O2/c1-4-5-13-31-17-24(23-12-11-22(29)14-26(23)30)25(18-31)27(33)32-15-19(2)28(34,20(3)16-32)21-9-7-6-8-10-21/h6-12,14,19-20,24-25,34H,4-5,13,15-18H2,1-3H3/t19?,20?,24-,25+,28?/m0/s1. The lowest BCUT2D eigenvalue weighted by molar-refractivity contribution is -0.152. The number of likely N-dealkylation sites (tertiary alicyclic amines) is 2. The number of halogens is 2. The van der Waals surface area contributed by atoms with Crippen molar-refractivity contribution in [3.63, 3.8) is 0 Å². The molecule has 2 fully saturated rings. The average Bonchev–Trinajstić information content (AvgIpc) is 3.24. The van der Waals surface area contributed by atoms with Gasteiger partial charge in [0, 0.05) is 50.0 Å². The largest absolute Gasteiger partial charge is 0.384 e. The summed E-state index contributed by atoms with van der Waals surface area (Å²) in [6.45, 7) is 9.01. The molecule has 1 N–H and O–H groups in total. The van der Waals surface area contributed by atoms with Gasteiger partial charge in [-0.15, -0.1) is 0 Å². The maximum atomic E-state index is 14.8. The minimum atomic E-state index is -1.01. The molecule has 2 aliphatic rings. The highest BCUT2D eigenvalue weighted by atomic mass is 19.1. The van der Waals surface area contributed by atoms with Gasteiger partial charge in [-0.3, -0.25) is 4.79 Å². The van der Waals surface area contributed by atoms with Gasteiger partial charge in [0.25, 0.3) is 0 Å². The molecule has 4 rings (SSSR count). The van der Waals surface area contributed by atoms with Crippen LogP contribution in [0.2, 0.25) is 0 Å². The maximum Gasteiger partial charge on any atom is 0.227 e. The second kappa shape index (κ2) is 10.1. The van der Waals surface area contributed by atoms with Crippen LogP contribution in [-0.2, 0) is 10.4 Å². The number of nitrogens with zero attached hydrogens (tertiary/aromatic N) is 2. The summed E-state index contributed by atoms with van der Waals surface area (Å²) in [7, 11) is 0. The van der Waals surface area contributed by atoms with Crippen LogP contribution in [0, 0.1) is 29.4 Å². The second-order valence-corrected chi connectivity index (χ2v) is 10.2. The van der Waals surface area contributed by atoms with Crippen molar-refractivity contribution in [1.29, 1.82) is 0 Å². The van der Waals surface area contributed by atoms with Gasteiger partial charge in [-0.2, -0.15) is 0 Å². The SMILES string of the molecule is CCCCN1C[C@@H](C(=O)N2CC(C)C(O)(c3ccccc3)C(C)C2)[C@H](c2ccc(F)cc2F)C1. The zero-order valence-corrected chi connectivity index (χ0v) is 20.4. The first-order chi connectivity index (χ1) is 16.3. The lowest BCUT2D eigenvalue weighted by atomic mass is 9.70. The van der Waals surface area contributed by atoms with E-state index in [9.17, 15) is 18.7 Å². The predicted molar refractivity (Wildman–Crippen MR) is 129 cm³/mol. The van der Waals surface area contributed by atoms with E-state index in [1.807, 2.05) is 49.1 Å². The van der Waals surface area contributed by atoms with Gasteiger partial charge in [-0.1, -0.05) is 63.6 Å². The summed E-state index contributed by atoms with van der Waals surface area (Å²) in [4.78, 5) is 17.9. The molecular weight excluding hydrogens is 434 g/mol. The Kier molecular flexibility index (Phi) is 7.39. The molecule has 2 heterocycles. The Hall–Kier alpha value is -2.31. The van der Waals surface area contributed by atoms with E-state index >= 15 is 0 Å². The van der Waals surface area contributed by atoms with Gasteiger partial charge < -0.3 is 14.9 Å². The molecule has 4 nitrogen and oxygen atoms in total. The summed E-state index contributed by atoms with van der Waals surface area (Å²) in [5.41, 5.74) is 0.279. The maximum absolute atomic E-state index is 14.8. The molecule has 0 aliphatic carbocycles. The molecule has 2 aromatic rings. The summed E-state index contributed by atoms with van der Waals surface area (Å²) < 4.78 is 28.3. The van der Waals surface area contributed by atoms with Gasteiger partial charge in [0.2, 0.25) is 5.91 Å². The van der Waals surface area contributed by atoms with Gasteiger partial charge in [-0.05, 0) is 30.2 Å². The van der Waals surface area contributed by atoms with Crippen LogP contribution < -0.4 is 0 Å². The lowest BCUT2D eigenvalue weighted by Gasteiger charge is -2.48. The number of unbranched alkanes of at least 4 members (excludes halogenated alkanes) is 1. The summed E-state index contributed by atoms with van der Waals surface area (Å²) in [6, 6.07) is 13.4. The highest BCUT2D eigenvalue weighted by molar-refractivity contribution is 5.81. The third-order valence-corrected chi connectivity index (χ3v) is 7.94. The summed E-state index contributed by atoms with van der Waals surface area (Å²) in [5.74, 6) is -2.20. The molecule has 0 aromatic heterocycles. The Morgan fingerprint density at radius 3 is 2.32 bits per heavy atom. The quantitative estimate of drug-likeness (QED) is 0.661. The number of aliphatic hydroxyl groups is 1. The number of piperidine rings is 1. The first-order valence-corrected chi connectivity index (χ1v) is 12.5. The van der Waals surface area contributed by atoms with Crippen molar-refractivity contribution in [2.75, 3.05) is 32.7 Å². The minimum absolute atomic E-state index is 0.00142. The Labute approximate surface area is 201 Å². The fourth-order valence-corrected chi connectivity index (χ4v) is 6.01. The topological polar surface area (TPSA) is 43.8 Å². The van der Waals surface area contributed by atoms with Crippen molar-refractivity contribution in [3.05, 3.63) is 71.3 Å². The minimum Gasteiger partial charge on any atom is -0.384 e. The molecule has 0 spiro atoms. The Morgan fingerprint density at radius 2 is 1.71 bits per heavy atom. The van der Waals surface area contributed by atoms with Crippen LogP contribution in [0.15, 0.2) is 48.5 Å². The zero-order valence-electron chi connectivity index (χ0n) is 20.4. The van der Waals surface area contributed by atoms with Gasteiger partial charge in [0.15, 0.2) is 0 Å². The van der Waals surface area contributed by atoms with Crippen LogP contribution in [-0.4, -0.2) is 53.5 Å². The van der Waals surface area contributed by atoms with E-state index in [1.165, 1.54) is 12.1 Å². The third-order valence-electron chi connectivity index (χ3n) is 7.94. The van der Waals surface area contributed by atoms with Gasteiger partial charge in [0.1, 0.15) is 11.6 Å². The van der Waals surface area contributed by atoms with E-state index < -0.39 is 17.2 Å². The molecule has 4 atom stereocenters. The smallest absolute Gasteiger partial charge is 0.227 e. The van der Waals surface area contributed by atoms with Gasteiger partial charge >= 0.3 is 0 Å². The van der Waals surface area contributed by atoms with Crippen LogP contribution in [0.4, 0.5) is 8.78 Å². The number of carbonyl (C=O) groups excluding carboxylic acids is 1. The first kappa shape index (κ1) is 24.8. The second-order valence-electron chi connectivity index (χ2n) is 10.2. The number of hydrogen-bond acceptors (Lipinski definition) is 3. The van der Waals surface area contributed by atoms with Crippen molar-refractivity contribution in [2.24, 2.45) is 17.8 Å². The van der Waals surface area contributed by atoms with E-state index in [0.29, 0.717) is 31.7 Å². The van der Waals surface area contributed by atoms with Crippen LogP contribution in [0.3, 0.4) is 0 Å². The van der Waals surface area contributed by atoms with E-state index in [-0.39, 0.29) is 29.6 Å². The van der Waals surface area contributed by atoms with Crippen molar-refractivity contribution in [3.8, 4) is 0 Å². The fraction of sp³-hybridized carbons (Fsp3) is 0.536. The molecule has 2 unspecified atom stereocenters. The van der Waals surface area contributed by atoms with E-state index in [2.05, 4.69) is 11.8 Å². The lowest BCUT2D eigenvalue weighted by Crippen LogP contribution is -2.57. The molecule has 0 saturated carbocycles. The fourth-order valence-electron chi connectivity index (χ4n) is 6.01. The van der Waals surface area contributed by atoms with E-state index in [0.717, 1.165) is 31.0 Å². The molecule has 2 saturated heterocycles. The zero-order chi connectivity index (χ0) is 24.5. The molecule has 2 aliphatic heterocycles. The molecule has 1 amide bonds. The molecule has 2 aromatic carbocycles. The van der Waals surface area contributed by atoms with Gasteiger partial charge in [-0.25, -0.2) is 8.78 Å². The van der Waals surface area contributed by atoms with Crippen LogP contribution in [0.1, 0.15) is 50.7 Å². The molecule has 184 valence electrons. The first-order valence-electron chi connectivity index (χ1n) is 12.5. The number of rotatable bonds is 6. The van der Waals surface area contributed by atoms with Gasteiger partial charge in [0.05, 0.1) is 11.5 Å². The Morgan fingerprint density at radius 1 is 1.03 bits per heavy atom. The molecule has 0 radical (unpaired) electrons. The van der Waals surface area contributed by atoms with E-state index in [1.54, 1.807) is 0 Å². The summed E-state index contributed by atoms with van der Waals surface area (Å²) in [5, 5.41) is 11.6. The molecule has 6 heteroatoms. The number of carbonyl (C=O) groups is 1. The van der Waals surface area contributed by atoms with Crippen molar-refractivity contribution in [1.82, 2.24) is 9.80 Å². The van der Waals surface area contributed by atoms with Crippen LogP contribution in [0.25, 0.3) is 0 Å². The Balaban J connectivity index is 1.57. The number of benzene rings is 2. The van der Waals surface area contributed by atoms with Crippen molar-refractivity contribution >= 4 is 5.91 Å². The normalized spacial score (nSPS) is 30.0. The molecule has 0 bridgehead atoms. The van der Waals surface area contributed by atoms with Crippen molar-refractivity contribution in [2.45, 2.75) is 45.1 Å². The monoisotopic (exact) mass is 470 g/mol. The summed E-state index contributed by atoms with van der Waals surface area (Å²) in [6.07, 6.45) is 2.06. The van der Waals surface area contributed by atoms with Crippen LogP contribution in [0.5, 0.6) is 0 Å². The number of amides is 1. The Bertz CT molecular complexity index is 987. The average molecular weight is 471 g/mol. The van der Waals surface area contributed by atoms with Crippen molar-refractivity contribution < 1.29 is 18.7 Å². The highest BCUT2D eigenvalue weighted by Crippen LogP contribution is 2.43. The predicted octanol–water partition coefficient (Wildman–Crippen LogP) is 4.78. The third kappa shape index (κ3) is 4.63. The van der Waals surface area contributed by atoms with Crippen LogP contribution >= 0.6 is 0 Å². The highest BCUT2D eigenvalue weighted by Gasteiger charge is 2.49. The number of hydrogen-bond donors (Lipinski definition) is 1. The van der Waals surface area contributed by atoms with E-state index in [4.69, 9.17) is 0 Å². The molecular formula is C28H36F2N2O2. The molecule has 34 heavy (non-hydrogen) atoms.